The highest BCUT2D eigenvalue weighted by Crippen LogP contribution is 2.02. The molecule has 20 heavy (non-hydrogen) atoms. The molecule has 7 heteroatoms. The van der Waals surface area contributed by atoms with Gasteiger partial charge in [-0.05, 0) is 12.8 Å². The van der Waals surface area contributed by atoms with Gasteiger partial charge in [-0.15, -0.1) is 11.6 Å². The van der Waals surface area contributed by atoms with E-state index >= 15 is 0 Å². The van der Waals surface area contributed by atoms with Crippen LogP contribution < -0.4 is 0 Å². The van der Waals surface area contributed by atoms with E-state index < -0.39 is 18.4 Å². The molecule has 0 heterocycles. The van der Waals surface area contributed by atoms with Crippen molar-refractivity contribution in [2.45, 2.75) is 45.6 Å². The predicted molar refractivity (Wildman–Crippen MR) is 74.1 cm³/mol. The van der Waals surface area contributed by atoms with Gasteiger partial charge in [0, 0.05) is 0 Å². The summed E-state index contributed by atoms with van der Waals surface area (Å²) in [6.07, 6.45) is 1.02. The molecule has 0 N–H and O–H groups in total. The Balaban J connectivity index is 3.79. The Morgan fingerprint density at radius 2 is 1.50 bits per heavy atom. The third kappa shape index (κ3) is 10.7. The van der Waals surface area contributed by atoms with Crippen LogP contribution in [0.25, 0.3) is 0 Å². The molecule has 0 aliphatic rings. The summed E-state index contributed by atoms with van der Waals surface area (Å²) < 4.78 is 19.3. The maximum atomic E-state index is 11.3. The second-order valence-corrected chi connectivity index (χ2v) is 4.42. The van der Waals surface area contributed by atoms with Crippen LogP contribution in [0.4, 0.5) is 9.59 Å². The van der Waals surface area contributed by atoms with Crippen molar-refractivity contribution in [3.8, 4) is 0 Å². The van der Waals surface area contributed by atoms with Crippen LogP contribution in [0.1, 0.15) is 39.5 Å². The number of carbonyl (C=O) groups is 2. The van der Waals surface area contributed by atoms with E-state index in [4.69, 9.17) is 30.5 Å². The summed E-state index contributed by atoms with van der Waals surface area (Å²) in [5.74, 6) is 0.00508. The summed E-state index contributed by atoms with van der Waals surface area (Å²) in [6, 6.07) is 0. The highest BCUT2D eigenvalue weighted by Gasteiger charge is 2.17. The molecule has 0 aromatic heterocycles. The van der Waals surface area contributed by atoms with Gasteiger partial charge >= 0.3 is 12.3 Å². The first-order valence-corrected chi connectivity index (χ1v) is 7.36. The molecular formula is C13H23ClO6. The zero-order valence-electron chi connectivity index (χ0n) is 12.1. The highest BCUT2D eigenvalue weighted by atomic mass is 35.5. The highest BCUT2D eigenvalue weighted by molar-refractivity contribution is 6.18. The van der Waals surface area contributed by atoms with Gasteiger partial charge in [0.25, 0.3) is 0 Å². The van der Waals surface area contributed by atoms with E-state index in [0.717, 1.165) is 25.7 Å². The number of rotatable bonds is 10. The lowest BCUT2D eigenvalue weighted by atomic mass is 10.4. The van der Waals surface area contributed by atoms with Gasteiger partial charge in [-0.2, -0.15) is 0 Å². The average Bonchev–Trinajstić information content (AvgIpc) is 2.44. The van der Waals surface area contributed by atoms with E-state index in [0.29, 0.717) is 13.2 Å². The standard InChI is InChI=1S/C13H23ClO6/c1-3-5-7-17-12(15)19-10-11(9-14)20-13(16)18-8-6-4-2/h11H,3-10H2,1-2H3. The second-order valence-electron chi connectivity index (χ2n) is 4.11. The van der Waals surface area contributed by atoms with E-state index in [1.54, 1.807) is 0 Å². The van der Waals surface area contributed by atoms with Crippen molar-refractivity contribution in [2.24, 2.45) is 0 Å². The zero-order valence-corrected chi connectivity index (χ0v) is 12.8. The van der Waals surface area contributed by atoms with Crippen molar-refractivity contribution in [3.63, 3.8) is 0 Å². The van der Waals surface area contributed by atoms with Gasteiger partial charge in [0.05, 0.1) is 19.1 Å². The molecule has 0 bridgehead atoms. The number of unbranched alkanes of at least 4 members (excludes halogenated alkanes) is 2. The molecule has 0 rings (SSSR count). The summed E-state index contributed by atoms with van der Waals surface area (Å²) in [5, 5.41) is 0. The smallest absolute Gasteiger partial charge is 0.434 e. The van der Waals surface area contributed by atoms with Crippen LogP contribution >= 0.6 is 11.6 Å². The summed E-state index contributed by atoms with van der Waals surface area (Å²) in [5.41, 5.74) is 0. The molecule has 0 spiro atoms. The van der Waals surface area contributed by atoms with Crippen LogP contribution in [0.15, 0.2) is 0 Å². The minimum absolute atomic E-state index is 0.00508. The van der Waals surface area contributed by atoms with Gasteiger partial charge < -0.3 is 18.9 Å². The first-order chi connectivity index (χ1) is 9.63. The molecule has 0 aliphatic carbocycles. The van der Waals surface area contributed by atoms with Crippen LogP contribution in [-0.2, 0) is 18.9 Å². The lowest BCUT2D eigenvalue weighted by Gasteiger charge is -2.15. The summed E-state index contributed by atoms with van der Waals surface area (Å²) >= 11 is 5.62. The Morgan fingerprint density at radius 3 is 2.00 bits per heavy atom. The molecule has 0 aromatic carbocycles. The largest absolute Gasteiger partial charge is 0.508 e. The molecule has 0 radical (unpaired) electrons. The van der Waals surface area contributed by atoms with E-state index in [2.05, 4.69) is 0 Å². The Bertz CT molecular complexity index is 272. The quantitative estimate of drug-likeness (QED) is 0.349. The van der Waals surface area contributed by atoms with Crippen LogP contribution in [0, 0.1) is 0 Å². The molecule has 6 nitrogen and oxygen atoms in total. The molecular weight excluding hydrogens is 288 g/mol. The van der Waals surface area contributed by atoms with Crippen LogP contribution in [0.2, 0.25) is 0 Å². The SMILES string of the molecule is CCCCOC(=O)OCC(CCl)OC(=O)OCCCC. The maximum absolute atomic E-state index is 11.3. The Hall–Kier alpha value is -1.17. The number of carbonyl (C=O) groups excluding carboxylic acids is 2. The topological polar surface area (TPSA) is 71.1 Å². The van der Waals surface area contributed by atoms with Crippen molar-refractivity contribution in [3.05, 3.63) is 0 Å². The molecule has 1 atom stereocenters. The van der Waals surface area contributed by atoms with Crippen molar-refractivity contribution in [1.82, 2.24) is 0 Å². The Morgan fingerprint density at radius 1 is 0.950 bits per heavy atom. The van der Waals surface area contributed by atoms with Crippen molar-refractivity contribution >= 4 is 23.9 Å². The van der Waals surface area contributed by atoms with Gasteiger partial charge in [-0.3, -0.25) is 0 Å². The van der Waals surface area contributed by atoms with Crippen molar-refractivity contribution < 1.29 is 28.5 Å². The zero-order chi connectivity index (χ0) is 15.2. The fraction of sp³-hybridized carbons (Fsp3) is 0.846. The van der Waals surface area contributed by atoms with Gasteiger partial charge in [0.2, 0.25) is 0 Å². The van der Waals surface area contributed by atoms with Gasteiger partial charge in [0.1, 0.15) is 6.61 Å². The van der Waals surface area contributed by atoms with Crippen LogP contribution in [-0.4, -0.2) is 44.1 Å². The van der Waals surface area contributed by atoms with Gasteiger partial charge in [-0.1, -0.05) is 26.7 Å². The first-order valence-electron chi connectivity index (χ1n) is 6.82. The molecule has 0 fully saturated rings. The predicted octanol–water partition coefficient (Wildman–Crippen LogP) is 3.50. The lowest BCUT2D eigenvalue weighted by Crippen LogP contribution is -2.27. The van der Waals surface area contributed by atoms with Crippen LogP contribution in [0.3, 0.4) is 0 Å². The Kier molecular flexibility index (Phi) is 12.1. The fourth-order valence-electron chi connectivity index (χ4n) is 1.08. The normalized spacial score (nSPS) is 11.6. The molecule has 0 aliphatic heterocycles. The fourth-order valence-corrected chi connectivity index (χ4v) is 1.23. The lowest BCUT2D eigenvalue weighted by molar-refractivity contribution is -0.0100. The van der Waals surface area contributed by atoms with Crippen molar-refractivity contribution in [2.75, 3.05) is 25.7 Å². The molecule has 118 valence electrons. The molecule has 0 aromatic rings. The number of alkyl halides is 1. The van der Waals surface area contributed by atoms with E-state index in [-0.39, 0.29) is 12.5 Å². The molecule has 1 unspecified atom stereocenters. The third-order valence-corrected chi connectivity index (χ3v) is 2.60. The minimum atomic E-state index is -0.813. The van der Waals surface area contributed by atoms with Gasteiger partial charge in [0.15, 0.2) is 6.10 Å². The van der Waals surface area contributed by atoms with E-state index in [1.165, 1.54) is 0 Å². The minimum Gasteiger partial charge on any atom is -0.434 e. The summed E-state index contributed by atoms with van der Waals surface area (Å²) in [6.45, 7) is 4.41. The Labute approximate surface area is 124 Å². The number of halogens is 1. The van der Waals surface area contributed by atoms with E-state index in [9.17, 15) is 9.59 Å². The van der Waals surface area contributed by atoms with E-state index in [1.807, 2.05) is 13.8 Å². The van der Waals surface area contributed by atoms with Gasteiger partial charge in [-0.25, -0.2) is 9.59 Å². The van der Waals surface area contributed by atoms with Crippen molar-refractivity contribution in [1.29, 1.82) is 0 Å². The summed E-state index contributed by atoms with van der Waals surface area (Å²) in [4.78, 5) is 22.4. The number of hydrogen-bond donors (Lipinski definition) is 0. The number of hydrogen-bond acceptors (Lipinski definition) is 6. The van der Waals surface area contributed by atoms with Crippen LogP contribution in [0.5, 0.6) is 0 Å². The second kappa shape index (κ2) is 12.8. The first kappa shape index (κ1) is 18.8. The molecule has 0 saturated heterocycles. The molecule has 0 amide bonds. The average molecular weight is 311 g/mol. The maximum Gasteiger partial charge on any atom is 0.508 e. The monoisotopic (exact) mass is 310 g/mol. The summed E-state index contributed by atoms with van der Waals surface area (Å²) in [7, 11) is 0. The molecule has 0 saturated carbocycles. The number of ether oxygens (including phenoxy) is 4. The third-order valence-electron chi connectivity index (χ3n) is 2.26.